The Labute approximate surface area is 168 Å². The van der Waals surface area contributed by atoms with Gasteiger partial charge < -0.3 is 14.2 Å². The first kappa shape index (κ1) is 19.3. The summed E-state index contributed by atoms with van der Waals surface area (Å²) in [6.07, 6.45) is -0.127. The van der Waals surface area contributed by atoms with E-state index in [2.05, 4.69) is 0 Å². The van der Waals surface area contributed by atoms with Crippen molar-refractivity contribution < 1.29 is 32.2 Å². The van der Waals surface area contributed by atoms with E-state index in [1.54, 1.807) is 12.1 Å². The maximum Gasteiger partial charge on any atom is 0.347 e. The van der Waals surface area contributed by atoms with E-state index >= 15 is 0 Å². The minimum absolute atomic E-state index is 0.0593. The van der Waals surface area contributed by atoms with Gasteiger partial charge in [0.2, 0.25) is 6.10 Å². The van der Waals surface area contributed by atoms with Crippen molar-refractivity contribution in [3.63, 3.8) is 0 Å². The molecule has 1 fully saturated rings. The van der Waals surface area contributed by atoms with Gasteiger partial charge in [-0.3, -0.25) is 4.31 Å². The summed E-state index contributed by atoms with van der Waals surface area (Å²) in [6.45, 7) is 0.498. The molecule has 2 aromatic carbocycles. The van der Waals surface area contributed by atoms with Gasteiger partial charge in [0.25, 0.3) is 10.0 Å². The molecule has 29 heavy (non-hydrogen) atoms. The first-order chi connectivity index (χ1) is 13.9. The Morgan fingerprint density at radius 2 is 2.00 bits per heavy atom. The van der Waals surface area contributed by atoms with E-state index in [1.165, 1.54) is 29.6 Å². The molecule has 0 bridgehead atoms. The van der Waals surface area contributed by atoms with Gasteiger partial charge in [0, 0.05) is 13.0 Å². The fourth-order valence-corrected chi connectivity index (χ4v) is 5.00. The Morgan fingerprint density at radius 1 is 1.21 bits per heavy atom. The van der Waals surface area contributed by atoms with Gasteiger partial charge in [0.15, 0.2) is 0 Å². The van der Waals surface area contributed by atoms with E-state index in [0.29, 0.717) is 18.7 Å². The number of hydrogen-bond donors (Lipinski definition) is 0. The molecule has 2 aromatic rings. The molecule has 0 saturated carbocycles. The third-order valence-electron chi connectivity index (χ3n) is 4.96. The van der Waals surface area contributed by atoms with Gasteiger partial charge >= 0.3 is 11.9 Å². The standard InChI is InChI=1S/C20H19NO7S/c1-26-17-7-6-14(12-15(17)19(22)28-18-9-11-27-20(18)23)29(24,25)21-10-8-13-4-2-3-5-16(13)21/h2-7,12,18H,8-11H2,1H3/t18-/m0/s1. The molecule has 2 heterocycles. The van der Waals surface area contributed by atoms with E-state index in [0.717, 1.165) is 5.56 Å². The summed E-state index contributed by atoms with van der Waals surface area (Å²) in [7, 11) is -2.53. The fourth-order valence-electron chi connectivity index (χ4n) is 3.47. The van der Waals surface area contributed by atoms with Crippen molar-refractivity contribution >= 4 is 27.6 Å². The molecule has 0 aromatic heterocycles. The van der Waals surface area contributed by atoms with Gasteiger partial charge in [0.1, 0.15) is 11.3 Å². The van der Waals surface area contributed by atoms with Crippen molar-refractivity contribution in [1.82, 2.24) is 0 Å². The molecule has 0 radical (unpaired) electrons. The van der Waals surface area contributed by atoms with Crippen LogP contribution in [-0.4, -0.2) is 46.7 Å². The number of carbonyl (C=O) groups excluding carboxylic acids is 2. The topological polar surface area (TPSA) is 99.2 Å². The number of esters is 2. The van der Waals surface area contributed by atoms with E-state index in [4.69, 9.17) is 14.2 Å². The first-order valence-corrected chi connectivity index (χ1v) is 10.5. The molecule has 2 aliphatic rings. The smallest absolute Gasteiger partial charge is 0.347 e. The predicted octanol–water partition coefficient (Wildman–Crippen LogP) is 1.92. The van der Waals surface area contributed by atoms with Gasteiger partial charge in [-0.2, -0.15) is 0 Å². The van der Waals surface area contributed by atoms with Crippen LogP contribution in [0.3, 0.4) is 0 Å². The lowest BCUT2D eigenvalue weighted by Crippen LogP contribution is -2.29. The maximum absolute atomic E-state index is 13.2. The van der Waals surface area contributed by atoms with Crippen LogP contribution < -0.4 is 9.04 Å². The zero-order chi connectivity index (χ0) is 20.6. The normalized spacial score (nSPS) is 18.3. The van der Waals surface area contributed by atoms with Crippen LogP contribution in [0.25, 0.3) is 0 Å². The number of methoxy groups -OCH3 is 1. The Kier molecular flexibility index (Phi) is 4.91. The largest absolute Gasteiger partial charge is 0.496 e. The van der Waals surface area contributed by atoms with Crippen molar-refractivity contribution in [2.75, 3.05) is 24.6 Å². The molecule has 0 unspecified atom stereocenters. The quantitative estimate of drug-likeness (QED) is 0.685. The van der Waals surface area contributed by atoms with Crippen LogP contribution in [0, 0.1) is 0 Å². The number of nitrogens with zero attached hydrogens (tertiary/aromatic N) is 1. The second-order valence-electron chi connectivity index (χ2n) is 6.67. The molecule has 1 atom stereocenters. The highest BCUT2D eigenvalue weighted by molar-refractivity contribution is 7.92. The maximum atomic E-state index is 13.2. The van der Waals surface area contributed by atoms with Crippen LogP contribution in [-0.2, 0) is 30.7 Å². The van der Waals surface area contributed by atoms with E-state index < -0.39 is 28.1 Å². The molecular formula is C20H19NO7S. The summed E-state index contributed by atoms with van der Waals surface area (Å²) < 4.78 is 43.0. The minimum atomic E-state index is -3.89. The minimum Gasteiger partial charge on any atom is -0.496 e. The summed E-state index contributed by atoms with van der Waals surface area (Å²) in [6, 6.07) is 11.3. The number of benzene rings is 2. The van der Waals surface area contributed by atoms with Gasteiger partial charge in [0.05, 0.1) is 24.3 Å². The number of para-hydroxylation sites is 1. The molecule has 1 saturated heterocycles. The molecule has 152 valence electrons. The van der Waals surface area contributed by atoms with Crippen LogP contribution in [0.5, 0.6) is 5.75 Å². The van der Waals surface area contributed by atoms with Crippen LogP contribution in [0.15, 0.2) is 47.4 Å². The number of sulfonamides is 1. The molecule has 0 aliphatic carbocycles. The highest BCUT2D eigenvalue weighted by atomic mass is 32.2. The lowest BCUT2D eigenvalue weighted by atomic mass is 10.2. The summed E-state index contributed by atoms with van der Waals surface area (Å²) in [5.41, 5.74) is 1.51. The highest BCUT2D eigenvalue weighted by Gasteiger charge is 2.34. The predicted molar refractivity (Wildman–Crippen MR) is 102 cm³/mol. The number of rotatable bonds is 5. The number of ether oxygens (including phenoxy) is 3. The zero-order valence-corrected chi connectivity index (χ0v) is 16.5. The third kappa shape index (κ3) is 3.42. The zero-order valence-electron chi connectivity index (χ0n) is 15.7. The van der Waals surface area contributed by atoms with Crippen LogP contribution in [0.4, 0.5) is 5.69 Å². The molecule has 9 heteroatoms. The average Bonchev–Trinajstić information content (AvgIpc) is 3.34. The van der Waals surface area contributed by atoms with Crippen molar-refractivity contribution in [3.8, 4) is 5.75 Å². The van der Waals surface area contributed by atoms with E-state index in [1.807, 2.05) is 12.1 Å². The number of fused-ring (bicyclic) bond motifs is 1. The third-order valence-corrected chi connectivity index (χ3v) is 6.77. The molecule has 0 amide bonds. The molecule has 4 rings (SSSR count). The van der Waals surface area contributed by atoms with Gasteiger partial charge in [-0.15, -0.1) is 0 Å². The van der Waals surface area contributed by atoms with Crippen molar-refractivity contribution in [2.45, 2.75) is 23.8 Å². The van der Waals surface area contributed by atoms with Gasteiger partial charge in [-0.05, 0) is 36.2 Å². The first-order valence-electron chi connectivity index (χ1n) is 9.08. The lowest BCUT2D eigenvalue weighted by Gasteiger charge is -2.20. The lowest BCUT2D eigenvalue weighted by molar-refractivity contribution is -0.145. The summed E-state index contributed by atoms with van der Waals surface area (Å²) in [4.78, 5) is 24.1. The van der Waals surface area contributed by atoms with Crippen molar-refractivity contribution in [3.05, 3.63) is 53.6 Å². The molecule has 8 nitrogen and oxygen atoms in total. The average molecular weight is 417 g/mol. The monoisotopic (exact) mass is 417 g/mol. The Balaban J connectivity index is 1.67. The van der Waals surface area contributed by atoms with Crippen LogP contribution in [0.2, 0.25) is 0 Å². The SMILES string of the molecule is COc1ccc(S(=O)(=O)N2CCc3ccccc32)cc1C(=O)O[C@H]1CCOC1=O. The van der Waals surface area contributed by atoms with E-state index in [9.17, 15) is 18.0 Å². The van der Waals surface area contributed by atoms with Crippen LogP contribution in [0.1, 0.15) is 22.3 Å². The molecular weight excluding hydrogens is 398 g/mol. The Hall–Kier alpha value is -3.07. The van der Waals surface area contributed by atoms with E-state index in [-0.39, 0.29) is 29.2 Å². The van der Waals surface area contributed by atoms with Gasteiger partial charge in [-0.25, -0.2) is 18.0 Å². The molecule has 2 aliphatic heterocycles. The number of carbonyl (C=O) groups is 2. The van der Waals surface area contributed by atoms with Crippen LogP contribution >= 0.6 is 0 Å². The highest BCUT2D eigenvalue weighted by Crippen LogP contribution is 2.34. The number of hydrogen-bond acceptors (Lipinski definition) is 7. The Bertz CT molecular complexity index is 1080. The van der Waals surface area contributed by atoms with Gasteiger partial charge in [-0.1, -0.05) is 18.2 Å². The number of cyclic esters (lactones) is 1. The Morgan fingerprint density at radius 3 is 2.72 bits per heavy atom. The second kappa shape index (κ2) is 7.40. The van der Waals surface area contributed by atoms with Crippen molar-refractivity contribution in [2.24, 2.45) is 0 Å². The fraction of sp³-hybridized carbons (Fsp3) is 0.300. The number of anilines is 1. The summed E-state index contributed by atoms with van der Waals surface area (Å²) in [5, 5.41) is 0. The van der Waals surface area contributed by atoms with Crippen molar-refractivity contribution in [1.29, 1.82) is 0 Å². The molecule has 0 N–H and O–H groups in total. The summed E-state index contributed by atoms with van der Waals surface area (Å²) >= 11 is 0. The molecule has 0 spiro atoms. The second-order valence-corrected chi connectivity index (χ2v) is 8.53. The summed E-state index contributed by atoms with van der Waals surface area (Å²) in [5.74, 6) is -1.30.